The molecular formula is C22H24OS2. The monoisotopic (exact) mass is 368 g/mol. The Morgan fingerprint density at radius 1 is 1.00 bits per heavy atom. The van der Waals surface area contributed by atoms with Gasteiger partial charge in [-0.05, 0) is 62.3 Å². The first-order valence-electron chi connectivity index (χ1n) is 9.39. The van der Waals surface area contributed by atoms with Gasteiger partial charge in [0.2, 0.25) is 0 Å². The molecule has 0 aliphatic heterocycles. The van der Waals surface area contributed by atoms with Crippen LogP contribution < -0.4 is 0 Å². The van der Waals surface area contributed by atoms with E-state index in [9.17, 15) is 4.79 Å². The van der Waals surface area contributed by atoms with Crippen molar-refractivity contribution in [2.75, 3.05) is 0 Å². The normalized spacial score (nSPS) is 21.9. The van der Waals surface area contributed by atoms with Crippen molar-refractivity contribution in [3.63, 3.8) is 0 Å². The van der Waals surface area contributed by atoms with Crippen LogP contribution in [0, 0.1) is 23.2 Å². The first kappa shape index (κ1) is 17.1. The Morgan fingerprint density at radius 2 is 1.68 bits per heavy atom. The third-order valence-electron chi connectivity index (χ3n) is 6.02. The van der Waals surface area contributed by atoms with Crippen molar-refractivity contribution in [1.29, 1.82) is 0 Å². The van der Waals surface area contributed by atoms with Crippen molar-refractivity contribution in [1.82, 2.24) is 0 Å². The fourth-order valence-corrected chi connectivity index (χ4v) is 6.83. The summed E-state index contributed by atoms with van der Waals surface area (Å²) >= 11 is 3.39. The van der Waals surface area contributed by atoms with E-state index in [0.717, 1.165) is 16.2 Å². The van der Waals surface area contributed by atoms with Gasteiger partial charge in [-0.25, -0.2) is 0 Å². The lowest BCUT2D eigenvalue weighted by Crippen LogP contribution is -2.36. The molecule has 0 amide bonds. The first-order valence-corrected chi connectivity index (χ1v) is 11.0. The zero-order valence-electron chi connectivity index (χ0n) is 14.8. The van der Waals surface area contributed by atoms with Crippen LogP contribution in [-0.4, -0.2) is 5.78 Å². The SMILES string of the molecule is CC#Cc1ccc(-c2ccc(C(=O)[C@H]3CCCCC34CCCC4)s2)s1. The number of carbonyl (C=O) groups is 1. The highest BCUT2D eigenvalue weighted by atomic mass is 32.1. The molecular weight excluding hydrogens is 344 g/mol. The van der Waals surface area contributed by atoms with Crippen LogP contribution in [0.2, 0.25) is 0 Å². The van der Waals surface area contributed by atoms with Gasteiger partial charge in [-0.3, -0.25) is 4.79 Å². The molecule has 25 heavy (non-hydrogen) atoms. The Balaban J connectivity index is 1.58. The maximum absolute atomic E-state index is 13.3. The molecule has 1 spiro atoms. The first-order chi connectivity index (χ1) is 12.2. The predicted octanol–water partition coefficient (Wildman–Crippen LogP) is 6.78. The molecule has 2 aromatic rings. The van der Waals surface area contributed by atoms with Gasteiger partial charge in [0, 0.05) is 15.7 Å². The molecule has 130 valence electrons. The molecule has 2 aromatic heterocycles. The van der Waals surface area contributed by atoms with Gasteiger partial charge >= 0.3 is 0 Å². The molecule has 2 fully saturated rings. The van der Waals surface area contributed by atoms with Crippen LogP contribution in [0.4, 0.5) is 0 Å². The standard InChI is InChI=1S/C22H24OS2/c1-2-7-16-9-10-18(24-16)19-11-12-20(25-19)21(23)17-8-3-4-13-22(17)14-5-6-15-22/h9-12,17H,3-6,8,13-15H2,1H3/t17-/m1/s1. The third kappa shape index (κ3) is 3.23. The minimum atomic E-state index is 0.264. The highest BCUT2D eigenvalue weighted by Crippen LogP contribution is 2.53. The Kier molecular flexibility index (Phi) is 4.84. The number of hydrogen-bond acceptors (Lipinski definition) is 3. The van der Waals surface area contributed by atoms with Gasteiger partial charge in [0.05, 0.1) is 9.75 Å². The van der Waals surface area contributed by atoms with Crippen molar-refractivity contribution in [2.45, 2.75) is 58.3 Å². The molecule has 0 N–H and O–H groups in total. The Morgan fingerprint density at radius 3 is 2.44 bits per heavy atom. The Bertz CT molecular complexity index is 824. The van der Waals surface area contributed by atoms with Crippen LogP contribution in [0.5, 0.6) is 0 Å². The number of ketones is 1. The van der Waals surface area contributed by atoms with Gasteiger partial charge in [-0.1, -0.05) is 31.6 Å². The minimum Gasteiger partial charge on any atom is -0.293 e. The van der Waals surface area contributed by atoms with E-state index >= 15 is 0 Å². The van der Waals surface area contributed by atoms with Gasteiger partial charge in [-0.2, -0.15) is 0 Å². The zero-order valence-corrected chi connectivity index (χ0v) is 16.4. The number of rotatable bonds is 3. The number of Topliss-reactive ketones (excluding diaryl/α,β-unsaturated/α-hetero) is 1. The lowest BCUT2D eigenvalue weighted by molar-refractivity contribution is 0.0611. The quantitative estimate of drug-likeness (QED) is 0.431. The topological polar surface area (TPSA) is 17.1 Å². The highest BCUT2D eigenvalue weighted by Gasteiger charge is 2.46. The summed E-state index contributed by atoms with van der Waals surface area (Å²) in [6.07, 6.45) is 10.1. The predicted molar refractivity (Wildman–Crippen MR) is 107 cm³/mol. The van der Waals surface area contributed by atoms with E-state index in [1.165, 1.54) is 54.7 Å². The van der Waals surface area contributed by atoms with Crippen LogP contribution in [0.15, 0.2) is 24.3 Å². The van der Waals surface area contributed by atoms with E-state index in [1.54, 1.807) is 22.7 Å². The fourth-order valence-electron chi connectivity index (χ4n) is 4.83. The smallest absolute Gasteiger partial charge is 0.176 e. The maximum atomic E-state index is 13.3. The van der Waals surface area contributed by atoms with Gasteiger partial charge < -0.3 is 0 Å². The summed E-state index contributed by atoms with van der Waals surface area (Å²) < 4.78 is 0. The van der Waals surface area contributed by atoms with Gasteiger partial charge in [0.1, 0.15) is 0 Å². The molecule has 0 radical (unpaired) electrons. The summed E-state index contributed by atoms with van der Waals surface area (Å²) in [6.45, 7) is 1.87. The van der Waals surface area contributed by atoms with Crippen molar-refractivity contribution in [3.8, 4) is 21.6 Å². The molecule has 4 rings (SSSR count). The van der Waals surface area contributed by atoms with E-state index < -0.39 is 0 Å². The second-order valence-corrected chi connectivity index (χ2v) is 9.60. The average Bonchev–Trinajstić information content (AvgIpc) is 3.35. The highest BCUT2D eigenvalue weighted by molar-refractivity contribution is 7.23. The second kappa shape index (κ2) is 7.09. The van der Waals surface area contributed by atoms with E-state index in [2.05, 4.69) is 36.1 Å². The zero-order chi connectivity index (χ0) is 17.3. The molecule has 0 saturated heterocycles. The van der Waals surface area contributed by atoms with Crippen LogP contribution in [0.3, 0.4) is 0 Å². The molecule has 2 aliphatic rings. The van der Waals surface area contributed by atoms with E-state index in [4.69, 9.17) is 0 Å². The summed E-state index contributed by atoms with van der Waals surface area (Å²) in [5.41, 5.74) is 0.326. The molecule has 0 aromatic carbocycles. The Hall–Kier alpha value is -1.37. The van der Waals surface area contributed by atoms with Crippen molar-refractivity contribution < 1.29 is 4.79 Å². The lowest BCUT2D eigenvalue weighted by Gasteiger charge is -2.40. The summed E-state index contributed by atoms with van der Waals surface area (Å²) in [5.74, 6) is 6.75. The van der Waals surface area contributed by atoms with Crippen molar-refractivity contribution in [3.05, 3.63) is 34.0 Å². The van der Waals surface area contributed by atoms with Crippen LogP contribution in [0.25, 0.3) is 9.75 Å². The van der Waals surface area contributed by atoms with E-state index in [-0.39, 0.29) is 5.92 Å². The maximum Gasteiger partial charge on any atom is 0.176 e. The van der Waals surface area contributed by atoms with Gasteiger partial charge in [0.15, 0.2) is 5.78 Å². The van der Waals surface area contributed by atoms with Crippen LogP contribution in [-0.2, 0) is 0 Å². The molecule has 2 aliphatic carbocycles. The number of carbonyl (C=O) groups excluding carboxylic acids is 1. The molecule has 2 heterocycles. The molecule has 3 heteroatoms. The van der Waals surface area contributed by atoms with Gasteiger partial charge in [0.25, 0.3) is 0 Å². The van der Waals surface area contributed by atoms with E-state index in [1.807, 2.05) is 6.92 Å². The third-order valence-corrected chi connectivity index (χ3v) is 8.31. The second-order valence-electron chi connectivity index (χ2n) is 7.43. The number of thiophene rings is 2. The average molecular weight is 369 g/mol. The lowest BCUT2D eigenvalue weighted by atomic mass is 9.63. The van der Waals surface area contributed by atoms with E-state index in [0.29, 0.717) is 11.2 Å². The molecule has 1 nitrogen and oxygen atoms in total. The van der Waals surface area contributed by atoms with Crippen molar-refractivity contribution >= 4 is 28.5 Å². The summed E-state index contributed by atoms with van der Waals surface area (Å²) in [7, 11) is 0. The largest absolute Gasteiger partial charge is 0.293 e. The fraction of sp³-hybridized carbons (Fsp3) is 0.500. The van der Waals surface area contributed by atoms with Gasteiger partial charge in [-0.15, -0.1) is 28.6 Å². The summed E-state index contributed by atoms with van der Waals surface area (Å²) in [5, 5.41) is 0. The van der Waals surface area contributed by atoms with Crippen molar-refractivity contribution in [2.24, 2.45) is 11.3 Å². The molecule has 0 bridgehead atoms. The Labute approximate surface area is 158 Å². The summed E-state index contributed by atoms with van der Waals surface area (Å²) in [6, 6.07) is 8.39. The van der Waals surface area contributed by atoms with Crippen LogP contribution in [0.1, 0.15) is 72.8 Å². The summed E-state index contributed by atoms with van der Waals surface area (Å²) in [4.78, 5) is 17.8. The minimum absolute atomic E-state index is 0.264. The molecule has 2 saturated carbocycles. The molecule has 0 unspecified atom stereocenters. The van der Waals surface area contributed by atoms with Crippen LogP contribution >= 0.6 is 22.7 Å². The molecule has 1 atom stereocenters. The number of hydrogen-bond donors (Lipinski definition) is 0.